The van der Waals surface area contributed by atoms with Crippen molar-refractivity contribution in [1.82, 2.24) is 9.55 Å². The van der Waals surface area contributed by atoms with Crippen molar-refractivity contribution in [3.63, 3.8) is 0 Å². The van der Waals surface area contributed by atoms with Gasteiger partial charge in [-0.2, -0.15) is 0 Å². The van der Waals surface area contributed by atoms with E-state index in [1.165, 1.54) is 23.1 Å². The Morgan fingerprint density at radius 1 is 1.00 bits per heavy atom. The van der Waals surface area contributed by atoms with Crippen molar-refractivity contribution >= 4 is 56.3 Å². The van der Waals surface area contributed by atoms with Crippen LogP contribution in [0.25, 0.3) is 21.3 Å². The third kappa shape index (κ3) is 5.72. The first kappa shape index (κ1) is 25.5. The Bertz CT molecular complexity index is 1640. The van der Waals surface area contributed by atoms with Crippen LogP contribution in [0, 0.1) is 6.92 Å². The lowest BCUT2D eigenvalue weighted by atomic mass is 10.1. The van der Waals surface area contributed by atoms with Gasteiger partial charge in [0.2, 0.25) is 5.91 Å². The quantitative estimate of drug-likeness (QED) is 0.119. The van der Waals surface area contributed by atoms with Crippen LogP contribution in [0.2, 0.25) is 0 Å². The number of amides is 1. The summed E-state index contributed by atoms with van der Waals surface area (Å²) in [6, 6.07) is 25.5. The Kier molecular flexibility index (Phi) is 7.72. The van der Waals surface area contributed by atoms with Crippen LogP contribution >= 0.6 is 23.1 Å². The number of hydrogen-bond acceptors (Lipinski definition) is 6. The van der Waals surface area contributed by atoms with Crippen LogP contribution in [0.3, 0.4) is 0 Å². The number of nitrogens with one attached hydrogen (secondary N) is 2. The second kappa shape index (κ2) is 11.5. The van der Waals surface area contributed by atoms with Crippen LogP contribution in [0.15, 0.2) is 107 Å². The molecule has 0 saturated heterocycles. The van der Waals surface area contributed by atoms with Gasteiger partial charge in [0.15, 0.2) is 5.16 Å². The highest BCUT2D eigenvalue weighted by molar-refractivity contribution is 7.99. The van der Waals surface area contributed by atoms with Crippen LogP contribution in [-0.2, 0) is 11.3 Å². The molecule has 0 spiro atoms. The average Bonchev–Trinajstić information content (AvgIpc) is 3.36. The number of carbonyl (C=O) groups excluding carboxylic acids is 1. The summed E-state index contributed by atoms with van der Waals surface area (Å²) in [5, 5.41) is 9.30. The molecule has 38 heavy (non-hydrogen) atoms. The topological polar surface area (TPSA) is 76.0 Å². The molecule has 0 aliphatic carbocycles. The van der Waals surface area contributed by atoms with Crippen molar-refractivity contribution < 1.29 is 4.79 Å². The first-order valence-electron chi connectivity index (χ1n) is 12.1. The van der Waals surface area contributed by atoms with E-state index in [1.54, 1.807) is 10.6 Å². The first-order chi connectivity index (χ1) is 18.5. The molecule has 0 bridgehead atoms. The number of nitrogens with zero attached hydrogens (tertiary/aromatic N) is 2. The van der Waals surface area contributed by atoms with Gasteiger partial charge < -0.3 is 10.6 Å². The molecule has 0 saturated carbocycles. The summed E-state index contributed by atoms with van der Waals surface area (Å²) in [5.74, 6) is -0.0558. The number of hydrogen-bond donors (Lipinski definition) is 2. The van der Waals surface area contributed by atoms with Crippen molar-refractivity contribution in [2.75, 3.05) is 16.4 Å². The maximum absolute atomic E-state index is 13.5. The van der Waals surface area contributed by atoms with Crippen molar-refractivity contribution in [1.29, 1.82) is 0 Å². The molecule has 0 atom stereocenters. The minimum Gasteiger partial charge on any atom is -0.356 e. The van der Waals surface area contributed by atoms with Gasteiger partial charge in [0.25, 0.3) is 5.56 Å². The third-order valence-electron chi connectivity index (χ3n) is 5.90. The fourth-order valence-electron chi connectivity index (χ4n) is 4.00. The zero-order valence-corrected chi connectivity index (χ0v) is 22.4. The number of thioether (sulfide) groups is 1. The molecule has 0 fully saturated rings. The van der Waals surface area contributed by atoms with Crippen molar-refractivity contribution in [3.05, 3.63) is 113 Å². The van der Waals surface area contributed by atoms with E-state index in [2.05, 4.69) is 17.2 Å². The third-order valence-corrected chi connectivity index (χ3v) is 7.75. The molecular weight excluding hydrogens is 512 g/mol. The molecule has 8 heteroatoms. The van der Waals surface area contributed by atoms with Gasteiger partial charge in [-0.25, -0.2) is 4.98 Å². The first-order valence-corrected chi connectivity index (χ1v) is 13.9. The Morgan fingerprint density at radius 3 is 2.39 bits per heavy atom. The summed E-state index contributed by atoms with van der Waals surface area (Å²) in [4.78, 5) is 31.7. The predicted octanol–water partition coefficient (Wildman–Crippen LogP) is 7.09. The van der Waals surface area contributed by atoms with Crippen LogP contribution in [0.5, 0.6) is 0 Å². The summed E-state index contributed by atoms with van der Waals surface area (Å²) in [6.07, 6.45) is 1.67. The summed E-state index contributed by atoms with van der Waals surface area (Å²) < 4.78 is 1.59. The molecule has 5 aromatic rings. The van der Waals surface area contributed by atoms with Gasteiger partial charge in [0.05, 0.1) is 11.1 Å². The van der Waals surface area contributed by atoms with E-state index in [1.807, 2.05) is 91.2 Å². The fraction of sp³-hybridized carbons (Fsp3) is 0.100. The molecule has 2 aromatic heterocycles. The molecular formula is C30H26N4O2S2. The maximum atomic E-state index is 13.5. The number of carbonyl (C=O) groups is 1. The molecule has 0 radical (unpaired) electrons. The molecule has 5 rings (SSSR count). The van der Waals surface area contributed by atoms with Gasteiger partial charge in [-0.1, -0.05) is 65.9 Å². The summed E-state index contributed by atoms with van der Waals surface area (Å²) in [5.41, 5.74) is 5.50. The Labute approximate surface area is 229 Å². The molecule has 6 nitrogen and oxygen atoms in total. The van der Waals surface area contributed by atoms with Crippen LogP contribution in [0.1, 0.15) is 5.56 Å². The zero-order chi connectivity index (χ0) is 26.5. The van der Waals surface area contributed by atoms with Gasteiger partial charge in [0.1, 0.15) is 4.83 Å². The molecule has 2 N–H and O–H groups in total. The van der Waals surface area contributed by atoms with Crippen molar-refractivity contribution in [2.45, 2.75) is 18.6 Å². The lowest BCUT2D eigenvalue weighted by Crippen LogP contribution is -2.23. The monoisotopic (exact) mass is 538 g/mol. The molecule has 3 aromatic carbocycles. The number of fused-ring (bicyclic) bond motifs is 1. The van der Waals surface area contributed by atoms with Gasteiger partial charge >= 0.3 is 0 Å². The number of rotatable bonds is 9. The average molecular weight is 539 g/mol. The highest BCUT2D eigenvalue weighted by atomic mass is 32.2. The van der Waals surface area contributed by atoms with E-state index < -0.39 is 0 Å². The minimum atomic E-state index is -0.176. The minimum absolute atomic E-state index is 0.120. The summed E-state index contributed by atoms with van der Waals surface area (Å²) >= 11 is 2.68. The molecule has 2 heterocycles. The van der Waals surface area contributed by atoms with E-state index in [0.717, 1.165) is 28.1 Å². The van der Waals surface area contributed by atoms with Crippen molar-refractivity contribution in [2.24, 2.45) is 0 Å². The summed E-state index contributed by atoms with van der Waals surface area (Å²) in [7, 11) is 0. The van der Waals surface area contributed by atoms with Gasteiger partial charge in [0, 0.05) is 34.6 Å². The molecule has 190 valence electrons. The smallest absolute Gasteiger partial charge is 0.263 e. The Morgan fingerprint density at radius 2 is 1.68 bits per heavy atom. The number of allylic oxidation sites excluding steroid dienone is 1. The van der Waals surface area contributed by atoms with Gasteiger partial charge in [-0.15, -0.1) is 17.9 Å². The van der Waals surface area contributed by atoms with E-state index in [9.17, 15) is 9.59 Å². The van der Waals surface area contributed by atoms with E-state index in [-0.39, 0.29) is 17.2 Å². The second-order valence-electron chi connectivity index (χ2n) is 8.70. The zero-order valence-electron chi connectivity index (χ0n) is 20.8. The molecule has 0 unspecified atom stereocenters. The maximum Gasteiger partial charge on any atom is 0.263 e. The Balaban J connectivity index is 1.30. The number of anilines is 3. The van der Waals surface area contributed by atoms with Gasteiger partial charge in [-0.3, -0.25) is 14.2 Å². The molecule has 1 amide bonds. The van der Waals surface area contributed by atoms with Crippen molar-refractivity contribution in [3.8, 4) is 11.1 Å². The lowest BCUT2D eigenvalue weighted by molar-refractivity contribution is -0.113. The van der Waals surface area contributed by atoms with E-state index in [0.29, 0.717) is 27.6 Å². The van der Waals surface area contributed by atoms with Crippen LogP contribution in [0.4, 0.5) is 17.1 Å². The molecule has 0 aliphatic heterocycles. The SMILES string of the molecule is C=CCn1c(SCC(=O)Nc2ccc(Nc3ccccc3)cc2)nc2scc(-c3ccc(C)cc3)c2c1=O. The number of para-hydroxylation sites is 1. The highest BCUT2D eigenvalue weighted by Crippen LogP contribution is 2.32. The largest absolute Gasteiger partial charge is 0.356 e. The number of aryl methyl sites for hydroxylation is 1. The number of aromatic nitrogens is 2. The highest BCUT2D eigenvalue weighted by Gasteiger charge is 2.18. The Hall–Kier alpha value is -4.14. The normalized spacial score (nSPS) is 10.9. The summed E-state index contributed by atoms with van der Waals surface area (Å²) in [6.45, 7) is 6.15. The predicted molar refractivity (Wildman–Crippen MR) is 160 cm³/mol. The lowest BCUT2D eigenvalue weighted by Gasteiger charge is -2.11. The van der Waals surface area contributed by atoms with E-state index >= 15 is 0 Å². The standard InChI is InChI=1S/C30H26N4O2S2/c1-3-17-34-29(36)27-25(21-11-9-20(2)10-12-21)18-37-28(27)33-30(34)38-19-26(35)32-24-15-13-23(14-16-24)31-22-7-5-4-6-8-22/h3-16,18,31H,1,17,19H2,2H3,(H,32,35). The van der Waals surface area contributed by atoms with Gasteiger partial charge in [-0.05, 0) is 48.9 Å². The van der Waals surface area contributed by atoms with E-state index in [4.69, 9.17) is 4.98 Å². The molecule has 0 aliphatic rings. The van der Waals surface area contributed by atoms with Crippen LogP contribution in [-0.4, -0.2) is 21.2 Å². The fourth-order valence-corrected chi connectivity index (χ4v) is 5.80. The number of benzene rings is 3. The second-order valence-corrected chi connectivity index (χ2v) is 10.5. The number of thiophene rings is 1. The van der Waals surface area contributed by atoms with Crippen LogP contribution < -0.4 is 16.2 Å².